The third kappa shape index (κ3) is 4.51. The van der Waals surface area contributed by atoms with Crippen molar-refractivity contribution in [1.82, 2.24) is 4.98 Å². The molecule has 0 aliphatic rings. The number of thiol groups is 1. The van der Waals surface area contributed by atoms with Crippen LogP contribution in [0.3, 0.4) is 0 Å². The Kier molecular flexibility index (Phi) is 6.14. The minimum atomic E-state index is -3.88. The topological polar surface area (TPSA) is 85.4 Å². The third-order valence-electron chi connectivity index (χ3n) is 4.27. The van der Waals surface area contributed by atoms with Crippen molar-refractivity contribution in [2.24, 2.45) is 0 Å². The molecule has 0 fully saturated rings. The van der Waals surface area contributed by atoms with E-state index in [2.05, 4.69) is 27.9 Å². The van der Waals surface area contributed by atoms with Gasteiger partial charge in [0.15, 0.2) is 0 Å². The Morgan fingerprint density at radius 3 is 2.26 bits per heavy atom. The highest BCUT2D eigenvalue weighted by Gasteiger charge is 2.27. The van der Waals surface area contributed by atoms with Gasteiger partial charge in [0, 0.05) is 21.0 Å². The van der Waals surface area contributed by atoms with E-state index in [1.165, 1.54) is 30.5 Å². The normalized spacial score (nSPS) is 11.5. The Morgan fingerprint density at radius 1 is 1.03 bits per heavy atom. The van der Waals surface area contributed by atoms with Crippen molar-refractivity contribution in [3.8, 4) is 11.1 Å². The van der Waals surface area contributed by atoms with Crippen molar-refractivity contribution in [3.05, 3.63) is 70.8 Å². The molecule has 4 aromatic rings. The first-order chi connectivity index (χ1) is 14.8. The number of carbonyl (C=O) groups is 1. The molecule has 2 aromatic carbocycles. The fourth-order valence-electron chi connectivity index (χ4n) is 2.92. The van der Waals surface area contributed by atoms with E-state index in [1.807, 2.05) is 0 Å². The van der Waals surface area contributed by atoms with E-state index in [0.717, 1.165) is 11.3 Å². The average Bonchev–Trinajstić information content (AvgIpc) is 3.13. The van der Waals surface area contributed by atoms with E-state index in [-0.39, 0.29) is 9.10 Å². The standard InChI is InChI=1S/C20H12Cl2N2O4S3/c21-12-3-1-11(2-4-12)17-16-9-14(24-28-20(25)29)10-23-18(16)30-19(17)31(26,27)15-7-5-13(22)6-8-15/h1-10,24H,(H,25,29). The first kappa shape index (κ1) is 21.9. The number of carbonyl (C=O) groups excluding carboxylic acids is 1. The number of benzene rings is 2. The molecule has 158 valence electrons. The van der Waals surface area contributed by atoms with Crippen LogP contribution in [0.5, 0.6) is 0 Å². The summed E-state index contributed by atoms with van der Waals surface area (Å²) in [6, 6.07) is 14.4. The Balaban J connectivity index is 1.95. The highest BCUT2D eigenvalue weighted by Crippen LogP contribution is 2.44. The molecule has 0 unspecified atom stereocenters. The van der Waals surface area contributed by atoms with Gasteiger partial charge in [-0.2, -0.15) is 0 Å². The molecular formula is C20H12Cl2N2O4S3. The van der Waals surface area contributed by atoms with Gasteiger partial charge in [-0.05, 0) is 48.0 Å². The van der Waals surface area contributed by atoms with Crippen molar-refractivity contribution in [2.45, 2.75) is 9.10 Å². The summed E-state index contributed by atoms with van der Waals surface area (Å²) in [6.07, 6.45) is 1.43. The molecule has 2 heterocycles. The number of aromatic nitrogens is 1. The second kappa shape index (κ2) is 8.68. The molecule has 6 nitrogen and oxygen atoms in total. The molecule has 2 aromatic heterocycles. The number of rotatable bonds is 5. The lowest BCUT2D eigenvalue weighted by atomic mass is 10.1. The van der Waals surface area contributed by atoms with Crippen LogP contribution >= 0.6 is 47.2 Å². The lowest BCUT2D eigenvalue weighted by Crippen LogP contribution is -2.03. The molecule has 0 atom stereocenters. The van der Waals surface area contributed by atoms with E-state index in [9.17, 15) is 13.2 Å². The minimum absolute atomic E-state index is 0.112. The summed E-state index contributed by atoms with van der Waals surface area (Å²) in [5.74, 6) is 0. The molecule has 0 saturated carbocycles. The molecule has 0 amide bonds. The largest absolute Gasteiger partial charge is 0.388 e. The highest BCUT2D eigenvalue weighted by atomic mass is 35.5. The van der Waals surface area contributed by atoms with Crippen LogP contribution in [-0.2, 0) is 14.7 Å². The van der Waals surface area contributed by atoms with Gasteiger partial charge in [0.1, 0.15) is 9.04 Å². The molecule has 0 bridgehead atoms. The van der Waals surface area contributed by atoms with Gasteiger partial charge in [0.2, 0.25) is 9.84 Å². The number of thiophene rings is 1. The zero-order valence-electron chi connectivity index (χ0n) is 15.4. The predicted octanol–water partition coefficient (Wildman–Crippen LogP) is 6.50. The van der Waals surface area contributed by atoms with Gasteiger partial charge in [-0.1, -0.05) is 48.0 Å². The molecular weight excluding hydrogens is 499 g/mol. The molecule has 31 heavy (non-hydrogen) atoms. The van der Waals surface area contributed by atoms with Gasteiger partial charge in [0.25, 0.3) is 0 Å². The zero-order valence-corrected chi connectivity index (χ0v) is 19.4. The van der Waals surface area contributed by atoms with Crippen LogP contribution in [0.2, 0.25) is 10.0 Å². The Bertz CT molecular complexity index is 1390. The molecule has 4 rings (SSSR count). The van der Waals surface area contributed by atoms with Crippen LogP contribution in [0.15, 0.2) is 69.9 Å². The van der Waals surface area contributed by atoms with Crippen molar-refractivity contribution >= 4 is 78.2 Å². The fraction of sp³-hybridized carbons (Fsp3) is 0. The number of nitrogens with zero attached hydrogens (tertiary/aromatic N) is 1. The van der Waals surface area contributed by atoms with Crippen LogP contribution in [0.1, 0.15) is 0 Å². The minimum Gasteiger partial charge on any atom is -0.333 e. The summed E-state index contributed by atoms with van der Waals surface area (Å²) in [6.45, 7) is 0. The number of hydrogen-bond donors (Lipinski definition) is 2. The number of pyridine rings is 1. The zero-order chi connectivity index (χ0) is 22.2. The second-order valence-electron chi connectivity index (χ2n) is 6.28. The van der Waals surface area contributed by atoms with Gasteiger partial charge in [-0.3, -0.25) is 0 Å². The number of anilines is 1. The van der Waals surface area contributed by atoms with Crippen molar-refractivity contribution < 1.29 is 18.0 Å². The number of halogens is 2. The molecule has 0 saturated heterocycles. The summed E-state index contributed by atoms with van der Waals surface area (Å²) in [5, 5.41) is 0.699. The van der Waals surface area contributed by atoms with Crippen LogP contribution in [0, 0.1) is 0 Å². The van der Waals surface area contributed by atoms with Gasteiger partial charge in [-0.15, -0.1) is 11.3 Å². The summed E-state index contributed by atoms with van der Waals surface area (Å²) in [4.78, 5) is 20.6. The molecule has 0 aliphatic carbocycles. The number of sulfone groups is 1. The molecule has 0 spiro atoms. The first-order valence-electron chi connectivity index (χ1n) is 8.60. The van der Waals surface area contributed by atoms with E-state index in [4.69, 9.17) is 23.2 Å². The van der Waals surface area contributed by atoms with Crippen molar-refractivity contribution in [1.29, 1.82) is 0 Å². The fourth-order valence-corrected chi connectivity index (χ4v) is 6.27. The van der Waals surface area contributed by atoms with E-state index in [0.29, 0.717) is 37.1 Å². The smallest absolute Gasteiger partial charge is 0.333 e. The SMILES string of the molecule is O=C(S)ONc1cnc2sc(S(=O)(=O)c3ccc(Cl)cc3)c(-c3ccc(Cl)cc3)c2c1. The van der Waals surface area contributed by atoms with E-state index < -0.39 is 15.1 Å². The maximum absolute atomic E-state index is 13.5. The van der Waals surface area contributed by atoms with E-state index >= 15 is 0 Å². The predicted molar refractivity (Wildman–Crippen MR) is 126 cm³/mol. The number of fused-ring (bicyclic) bond motifs is 1. The van der Waals surface area contributed by atoms with Gasteiger partial charge in [-0.25, -0.2) is 23.7 Å². The van der Waals surface area contributed by atoms with Crippen LogP contribution in [0.25, 0.3) is 21.3 Å². The van der Waals surface area contributed by atoms with Crippen LogP contribution in [-0.4, -0.2) is 18.7 Å². The summed E-state index contributed by atoms with van der Waals surface area (Å²) >= 11 is 16.5. The summed E-state index contributed by atoms with van der Waals surface area (Å²) < 4.78 is 27.1. The van der Waals surface area contributed by atoms with Gasteiger partial charge in [0.05, 0.1) is 16.8 Å². The number of hydrogen-bond acceptors (Lipinski definition) is 7. The lowest BCUT2D eigenvalue weighted by Gasteiger charge is -2.08. The van der Waals surface area contributed by atoms with Crippen molar-refractivity contribution in [2.75, 3.05) is 5.48 Å². The maximum Gasteiger partial charge on any atom is 0.388 e. The monoisotopic (exact) mass is 510 g/mol. The average molecular weight is 511 g/mol. The Hall–Kier alpha value is -2.30. The molecule has 1 N–H and O–H groups in total. The third-order valence-corrected chi connectivity index (χ3v) is 8.27. The van der Waals surface area contributed by atoms with Crippen LogP contribution in [0.4, 0.5) is 10.5 Å². The van der Waals surface area contributed by atoms with Gasteiger partial charge >= 0.3 is 5.30 Å². The van der Waals surface area contributed by atoms with Crippen LogP contribution < -0.4 is 5.48 Å². The quantitative estimate of drug-likeness (QED) is 0.235. The Labute approximate surface area is 197 Å². The summed E-state index contributed by atoms with van der Waals surface area (Å²) in [7, 11) is -3.88. The van der Waals surface area contributed by atoms with E-state index in [1.54, 1.807) is 30.3 Å². The van der Waals surface area contributed by atoms with Crippen molar-refractivity contribution in [3.63, 3.8) is 0 Å². The molecule has 11 heteroatoms. The number of nitrogens with one attached hydrogen (secondary N) is 1. The molecule has 0 aliphatic heterocycles. The highest BCUT2D eigenvalue weighted by molar-refractivity contribution is 7.96. The Morgan fingerprint density at radius 2 is 1.65 bits per heavy atom. The molecule has 0 radical (unpaired) electrons. The van der Waals surface area contributed by atoms with Gasteiger partial charge < -0.3 is 4.84 Å². The first-order valence-corrected chi connectivity index (χ1v) is 12.1. The summed E-state index contributed by atoms with van der Waals surface area (Å²) in [5.41, 5.74) is 3.92. The second-order valence-corrected chi connectivity index (χ2v) is 10.7. The lowest BCUT2D eigenvalue weighted by molar-refractivity contribution is 0.199. The maximum atomic E-state index is 13.5.